The normalized spacial score (nSPS) is 11.6. The Morgan fingerprint density at radius 1 is 1.31 bits per heavy atom. The zero-order chi connectivity index (χ0) is 23.9. The van der Waals surface area contributed by atoms with Crippen LogP contribution in [0.3, 0.4) is 0 Å². The largest absolute Gasteiger partial charge is 0.469 e. The van der Waals surface area contributed by atoms with Crippen molar-refractivity contribution in [2.75, 3.05) is 30.8 Å². The number of benzene rings is 1. The van der Waals surface area contributed by atoms with Crippen LogP contribution in [0, 0.1) is 19.3 Å². The molecular formula is C21H27N4O6P. The molecule has 0 fully saturated rings. The number of phosphoric acid groups is 1. The first-order chi connectivity index (χ1) is 15.0. The SMILES string of the molecule is C#CCn1c(=O)c(N(C)C/C=C/c2cccc(C)c2)c(N)n(CCCOP(=O)(O)O)c1=O. The fourth-order valence-corrected chi connectivity index (χ4v) is 3.49. The van der Waals surface area contributed by atoms with E-state index in [1.807, 2.05) is 43.3 Å². The summed E-state index contributed by atoms with van der Waals surface area (Å²) >= 11 is 0. The molecule has 2 rings (SSSR count). The molecule has 0 saturated heterocycles. The Morgan fingerprint density at radius 3 is 2.66 bits per heavy atom. The lowest BCUT2D eigenvalue weighted by molar-refractivity contribution is 0.192. The topological polar surface area (TPSA) is 140 Å². The average Bonchev–Trinajstić information content (AvgIpc) is 2.70. The summed E-state index contributed by atoms with van der Waals surface area (Å²) in [5.74, 6) is 2.22. The molecule has 10 nitrogen and oxygen atoms in total. The van der Waals surface area contributed by atoms with Gasteiger partial charge in [0.05, 0.1) is 13.2 Å². The lowest BCUT2D eigenvalue weighted by atomic mass is 10.1. The van der Waals surface area contributed by atoms with Crippen molar-refractivity contribution in [3.8, 4) is 12.3 Å². The molecule has 0 atom stereocenters. The van der Waals surface area contributed by atoms with Gasteiger partial charge in [-0.25, -0.2) is 13.9 Å². The van der Waals surface area contributed by atoms with Gasteiger partial charge in [-0.1, -0.05) is 47.9 Å². The first-order valence-electron chi connectivity index (χ1n) is 9.76. The van der Waals surface area contributed by atoms with Gasteiger partial charge in [-0.2, -0.15) is 0 Å². The van der Waals surface area contributed by atoms with Crippen LogP contribution in [-0.4, -0.2) is 39.1 Å². The van der Waals surface area contributed by atoms with E-state index in [2.05, 4.69) is 10.4 Å². The van der Waals surface area contributed by atoms with Gasteiger partial charge in [0.15, 0.2) is 0 Å². The van der Waals surface area contributed by atoms with Crippen molar-refractivity contribution in [1.29, 1.82) is 0 Å². The summed E-state index contributed by atoms with van der Waals surface area (Å²) in [5, 5.41) is 0. The molecule has 32 heavy (non-hydrogen) atoms. The van der Waals surface area contributed by atoms with Gasteiger partial charge >= 0.3 is 13.5 Å². The summed E-state index contributed by atoms with van der Waals surface area (Å²) in [6.45, 7) is 1.77. The van der Waals surface area contributed by atoms with Crippen molar-refractivity contribution >= 4 is 25.4 Å². The zero-order valence-corrected chi connectivity index (χ0v) is 18.9. The number of hydrogen-bond donors (Lipinski definition) is 3. The lowest BCUT2D eigenvalue weighted by Gasteiger charge is -2.22. The maximum Gasteiger partial charge on any atom is 0.469 e. The molecule has 1 aromatic heterocycles. The third-order valence-electron chi connectivity index (χ3n) is 4.59. The number of aryl methyl sites for hydroxylation is 1. The standard InChI is InChI=1S/C21H27N4O6P/c1-4-11-25-20(26)18(23(3)12-6-10-17-9-5-8-16(2)15-17)19(22)24(21(25)27)13-7-14-31-32(28,29)30/h1,5-6,8-10,15H,7,11-14,22H2,2-3H3,(H2,28,29,30)/b10-6+. The highest BCUT2D eigenvalue weighted by molar-refractivity contribution is 7.46. The predicted molar refractivity (Wildman–Crippen MR) is 124 cm³/mol. The van der Waals surface area contributed by atoms with Crippen LogP contribution >= 0.6 is 7.82 Å². The summed E-state index contributed by atoms with van der Waals surface area (Å²) in [7, 11) is -2.96. The molecule has 172 valence electrons. The number of nitrogens with two attached hydrogens (primary N) is 1. The smallest absolute Gasteiger partial charge is 0.383 e. The van der Waals surface area contributed by atoms with Crippen LogP contribution in [0.25, 0.3) is 6.08 Å². The number of phosphoric ester groups is 1. The molecule has 1 heterocycles. The maximum atomic E-state index is 12.9. The summed E-state index contributed by atoms with van der Waals surface area (Å²) in [5.41, 5.74) is 7.08. The van der Waals surface area contributed by atoms with Gasteiger partial charge in [0.25, 0.3) is 5.56 Å². The Kier molecular flexibility index (Phi) is 8.63. The van der Waals surface area contributed by atoms with E-state index in [9.17, 15) is 14.2 Å². The minimum absolute atomic E-state index is 0.0184. The molecule has 2 aromatic rings. The van der Waals surface area contributed by atoms with Crippen molar-refractivity contribution < 1.29 is 18.9 Å². The maximum absolute atomic E-state index is 12.9. The summed E-state index contributed by atoms with van der Waals surface area (Å²) in [6.07, 6.45) is 9.18. The molecule has 0 bridgehead atoms. The van der Waals surface area contributed by atoms with Gasteiger partial charge in [0.1, 0.15) is 11.5 Å². The number of nitrogens with zero attached hydrogens (tertiary/aromatic N) is 3. The third kappa shape index (κ3) is 6.70. The highest BCUT2D eigenvalue weighted by atomic mass is 31.2. The highest BCUT2D eigenvalue weighted by Crippen LogP contribution is 2.35. The Bertz CT molecular complexity index is 1190. The van der Waals surface area contributed by atoms with E-state index in [0.29, 0.717) is 6.54 Å². The number of likely N-dealkylation sites (N-methyl/N-ethyl adjacent to an activating group) is 1. The molecule has 0 radical (unpaired) electrons. The Balaban J connectivity index is 2.32. The van der Waals surface area contributed by atoms with E-state index in [1.165, 1.54) is 0 Å². The quantitative estimate of drug-likeness (QED) is 0.272. The van der Waals surface area contributed by atoms with Crippen LogP contribution in [0.1, 0.15) is 17.5 Å². The van der Waals surface area contributed by atoms with E-state index in [1.54, 1.807) is 11.9 Å². The van der Waals surface area contributed by atoms with Crippen LogP contribution in [0.5, 0.6) is 0 Å². The number of terminal acetylenes is 1. The van der Waals surface area contributed by atoms with Gasteiger partial charge < -0.3 is 20.4 Å². The first kappa shape index (κ1) is 25.2. The molecule has 0 aliphatic rings. The second-order valence-electron chi connectivity index (χ2n) is 7.14. The fourth-order valence-electron chi connectivity index (χ4n) is 3.12. The van der Waals surface area contributed by atoms with Gasteiger partial charge in [-0.15, -0.1) is 6.42 Å². The average molecular weight is 462 g/mol. The number of nitrogen functional groups attached to an aromatic ring is 1. The molecule has 0 unspecified atom stereocenters. The monoisotopic (exact) mass is 462 g/mol. The van der Waals surface area contributed by atoms with Crippen LogP contribution in [0.15, 0.2) is 39.9 Å². The first-order valence-corrected chi connectivity index (χ1v) is 11.3. The molecule has 0 spiro atoms. The third-order valence-corrected chi connectivity index (χ3v) is 5.11. The van der Waals surface area contributed by atoms with Crippen molar-refractivity contribution in [3.05, 3.63) is 62.3 Å². The number of hydrogen-bond acceptors (Lipinski definition) is 6. The number of anilines is 2. The molecule has 4 N–H and O–H groups in total. The molecule has 0 aliphatic heterocycles. The van der Waals surface area contributed by atoms with Crippen LogP contribution in [-0.2, 0) is 22.2 Å². The van der Waals surface area contributed by atoms with Crippen LogP contribution in [0.4, 0.5) is 11.5 Å². The fraction of sp³-hybridized carbons (Fsp3) is 0.333. The number of rotatable bonds is 10. The predicted octanol–water partition coefficient (Wildman–Crippen LogP) is 1.18. The molecule has 0 saturated carbocycles. The van der Waals surface area contributed by atoms with Crippen LogP contribution < -0.4 is 21.9 Å². The van der Waals surface area contributed by atoms with E-state index < -0.39 is 19.1 Å². The van der Waals surface area contributed by atoms with E-state index in [0.717, 1.165) is 20.3 Å². The van der Waals surface area contributed by atoms with Crippen molar-refractivity contribution in [2.45, 2.75) is 26.4 Å². The number of aromatic nitrogens is 2. The van der Waals surface area contributed by atoms with E-state index in [-0.39, 0.29) is 37.6 Å². The zero-order valence-electron chi connectivity index (χ0n) is 18.0. The Hall–Kier alpha value is -3.09. The molecular weight excluding hydrogens is 435 g/mol. The Labute approximate surface area is 185 Å². The van der Waals surface area contributed by atoms with Crippen molar-refractivity contribution in [1.82, 2.24) is 9.13 Å². The summed E-state index contributed by atoms with van der Waals surface area (Å²) in [4.78, 5) is 44.8. The molecule has 0 aliphatic carbocycles. The minimum Gasteiger partial charge on any atom is -0.383 e. The summed E-state index contributed by atoms with van der Waals surface area (Å²) in [6, 6.07) is 7.91. The second kappa shape index (κ2) is 11.0. The molecule has 0 amide bonds. The van der Waals surface area contributed by atoms with Crippen molar-refractivity contribution in [3.63, 3.8) is 0 Å². The van der Waals surface area contributed by atoms with Gasteiger partial charge in [-0.05, 0) is 18.9 Å². The van der Waals surface area contributed by atoms with Crippen LogP contribution in [0.2, 0.25) is 0 Å². The van der Waals surface area contributed by atoms with Gasteiger partial charge in [-0.3, -0.25) is 13.9 Å². The molecule has 11 heteroatoms. The van der Waals surface area contributed by atoms with E-state index in [4.69, 9.17) is 21.9 Å². The second-order valence-corrected chi connectivity index (χ2v) is 8.38. The Morgan fingerprint density at radius 2 is 2.03 bits per heavy atom. The minimum atomic E-state index is -4.62. The summed E-state index contributed by atoms with van der Waals surface area (Å²) < 4.78 is 17.3. The highest BCUT2D eigenvalue weighted by Gasteiger charge is 2.20. The molecule has 1 aromatic carbocycles. The lowest BCUT2D eigenvalue weighted by Crippen LogP contribution is -2.44. The van der Waals surface area contributed by atoms with E-state index >= 15 is 0 Å². The van der Waals surface area contributed by atoms with Gasteiger partial charge in [0.2, 0.25) is 0 Å². The van der Waals surface area contributed by atoms with Gasteiger partial charge in [0, 0.05) is 20.1 Å². The van der Waals surface area contributed by atoms with Crippen molar-refractivity contribution in [2.24, 2.45) is 0 Å².